The molecule has 3 rings (SSSR count). The van der Waals surface area contributed by atoms with Gasteiger partial charge >= 0.3 is 12.4 Å². The molecule has 0 aliphatic carbocycles. The molecule has 0 radical (unpaired) electrons. The van der Waals surface area contributed by atoms with Crippen molar-refractivity contribution in [3.8, 4) is 11.3 Å². The molecule has 2 aromatic carbocycles. The van der Waals surface area contributed by atoms with E-state index in [0.717, 1.165) is 23.8 Å². The fourth-order valence-electron chi connectivity index (χ4n) is 2.47. The standard InChI is InChI=1S/C17H10F6N2/c1-9-5-7-10(8-6-9)14-13-11(16(18,19)20)3-2-4-12(13)24-15(25-14)17(21,22)23/h2-8H,1H3. The van der Waals surface area contributed by atoms with Crippen LogP contribution in [0.4, 0.5) is 26.3 Å². The van der Waals surface area contributed by atoms with Crippen LogP contribution < -0.4 is 0 Å². The minimum Gasteiger partial charge on any atom is -0.224 e. The highest BCUT2D eigenvalue weighted by molar-refractivity contribution is 5.95. The Bertz CT molecular complexity index is 927. The lowest BCUT2D eigenvalue weighted by molar-refractivity contribution is -0.144. The molecule has 0 bridgehead atoms. The van der Waals surface area contributed by atoms with E-state index >= 15 is 0 Å². The Hall–Kier alpha value is -2.64. The Balaban J connectivity index is 2.43. The highest BCUT2D eigenvalue weighted by atomic mass is 19.4. The van der Waals surface area contributed by atoms with Gasteiger partial charge in [-0.1, -0.05) is 35.9 Å². The molecular weight excluding hydrogens is 346 g/mol. The summed E-state index contributed by atoms with van der Waals surface area (Å²) in [5.41, 5.74) is -0.915. The molecule has 0 saturated heterocycles. The Kier molecular flexibility index (Phi) is 3.93. The predicted octanol–water partition coefficient (Wildman–Crippen LogP) is 5.64. The van der Waals surface area contributed by atoms with Gasteiger partial charge in [-0.15, -0.1) is 0 Å². The molecule has 1 heterocycles. The van der Waals surface area contributed by atoms with Crippen LogP contribution in [-0.2, 0) is 12.4 Å². The lowest BCUT2D eigenvalue weighted by Gasteiger charge is -2.15. The fourth-order valence-corrected chi connectivity index (χ4v) is 2.47. The average Bonchev–Trinajstić information content (AvgIpc) is 2.52. The van der Waals surface area contributed by atoms with Crippen molar-refractivity contribution in [2.75, 3.05) is 0 Å². The normalized spacial score (nSPS) is 12.6. The first-order valence-electron chi connectivity index (χ1n) is 7.09. The quantitative estimate of drug-likeness (QED) is 0.527. The van der Waals surface area contributed by atoms with Gasteiger partial charge in [0.15, 0.2) is 0 Å². The maximum absolute atomic E-state index is 13.3. The molecule has 3 aromatic rings. The number of nitrogens with zero attached hydrogens (tertiary/aromatic N) is 2. The Morgan fingerprint density at radius 1 is 0.760 bits per heavy atom. The number of benzene rings is 2. The molecule has 0 fully saturated rings. The van der Waals surface area contributed by atoms with Crippen LogP contribution in [0.1, 0.15) is 17.0 Å². The van der Waals surface area contributed by atoms with Crippen LogP contribution in [0.25, 0.3) is 22.2 Å². The van der Waals surface area contributed by atoms with Gasteiger partial charge in [-0.25, -0.2) is 9.97 Å². The Labute approximate surface area is 138 Å². The summed E-state index contributed by atoms with van der Waals surface area (Å²) < 4.78 is 79.2. The van der Waals surface area contributed by atoms with Gasteiger partial charge in [0.05, 0.1) is 16.8 Å². The molecule has 130 valence electrons. The predicted molar refractivity (Wildman–Crippen MR) is 79.7 cm³/mol. The zero-order chi connectivity index (χ0) is 18.4. The van der Waals surface area contributed by atoms with Crippen molar-refractivity contribution in [3.05, 3.63) is 59.4 Å². The van der Waals surface area contributed by atoms with Crippen LogP contribution >= 0.6 is 0 Å². The molecule has 25 heavy (non-hydrogen) atoms. The molecule has 0 amide bonds. The van der Waals surface area contributed by atoms with E-state index in [1.54, 1.807) is 19.1 Å². The van der Waals surface area contributed by atoms with E-state index in [0.29, 0.717) is 0 Å². The third-order valence-electron chi connectivity index (χ3n) is 3.61. The number of hydrogen-bond acceptors (Lipinski definition) is 2. The third-order valence-corrected chi connectivity index (χ3v) is 3.61. The van der Waals surface area contributed by atoms with Crippen molar-refractivity contribution in [1.82, 2.24) is 9.97 Å². The smallest absolute Gasteiger partial charge is 0.224 e. The number of aryl methyl sites for hydroxylation is 1. The molecule has 0 saturated carbocycles. The van der Waals surface area contributed by atoms with Gasteiger partial charge in [0.2, 0.25) is 5.82 Å². The number of aromatic nitrogens is 2. The van der Waals surface area contributed by atoms with Crippen molar-refractivity contribution in [2.45, 2.75) is 19.3 Å². The van der Waals surface area contributed by atoms with Crippen LogP contribution in [0, 0.1) is 6.92 Å². The molecule has 0 atom stereocenters. The van der Waals surface area contributed by atoms with Gasteiger partial charge in [0.1, 0.15) is 0 Å². The Morgan fingerprint density at radius 2 is 1.40 bits per heavy atom. The van der Waals surface area contributed by atoms with Crippen LogP contribution in [0.5, 0.6) is 0 Å². The molecular formula is C17H10F6N2. The summed E-state index contributed by atoms with van der Waals surface area (Å²) in [4.78, 5) is 6.70. The molecule has 1 aromatic heterocycles. The van der Waals surface area contributed by atoms with Crippen molar-refractivity contribution in [1.29, 1.82) is 0 Å². The molecule has 0 spiro atoms. The first-order valence-corrected chi connectivity index (χ1v) is 7.09. The second-order valence-electron chi connectivity index (χ2n) is 5.46. The number of halogens is 6. The van der Waals surface area contributed by atoms with E-state index in [9.17, 15) is 26.3 Å². The lowest BCUT2D eigenvalue weighted by Crippen LogP contribution is -2.14. The van der Waals surface area contributed by atoms with Gasteiger partial charge < -0.3 is 0 Å². The zero-order valence-electron chi connectivity index (χ0n) is 12.7. The summed E-state index contributed by atoms with van der Waals surface area (Å²) >= 11 is 0. The lowest BCUT2D eigenvalue weighted by atomic mass is 10.0. The summed E-state index contributed by atoms with van der Waals surface area (Å²) in [6, 6.07) is 8.99. The maximum Gasteiger partial charge on any atom is 0.451 e. The average molecular weight is 356 g/mol. The number of alkyl halides is 6. The largest absolute Gasteiger partial charge is 0.451 e. The molecule has 0 aliphatic rings. The number of hydrogen-bond donors (Lipinski definition) is 0. The first kappa shape index (κ1) is 17.2. The molecule has 0 aliphatic heterocycles. The monoisotopic (exact) mass is 356 g/mol. The van der Waals surface area contributed by atoms with E-state index in [-0.39, 0.29) is 5.56 Å². The zero-order valence-corrected chi connectivity index (χ0v) is 12.7. The minimum absolute atomic E-state index is 0.153. The van der Waals surface area contributed by atoms with E-state index in [4.69, 9.17) is 0 Å². The van der Waals surface area contributed by atoms with Crippen LogP contribution in [0.3, 0.4) is 0 Å². The van der Waals surface area contributed by atoms with Crippen LogP contribution in [0.2, 0.25) is 0 Å². The molecule has 0 N–H and O–H groups in total. The highest BCUT2D eigenvalue weighted by Crippen LogP contribution is 2.40. The van der Waals surface area contributed by atoms with Crippen molar-refractivity contribution in [2.24, 2.45) is 0 Å². The van der Waals surface area contributed by atoms with E-state index in [1.165, 1.54) is 12.1 Å². The van der Waals surface area contributed by atoms with Crippen molar-refractivity contribution >= 4 is 10.9 Å². The maximum atomic E-state index is 13.3. The van der Waals surface area contributed by atoms with Crippen molar-refractivity contribution in [3.63, 3.8) is 0 Å². The van der Waals surface area contributed by atoms with Crippen molar-refractivity contribution < 1.29 is 26.3 Å². The summed E-state index contributed by atoms with van der Waals surface area (Å²) in [5, 5.41) is -0.452. The van der Waals surface area contributed by atoms with E-state index in [2.05, 4.69) is 9.97 Å². The molecule has 0 unspecified atom stereocenters. The third kappa shape index (κ3) is 3.29. The minimum atomic E-state index is -4.87. The second-order valence-corrected chi connectivity index (χ2v) is 5.46. The topological polar surface area (TPSA) is 25.8 Å². The van der Waals surface area contributed by atoms with Gasteiger partial charge in [-0.3, -0.25) is 0 Å². The van der Waals surface area contributed by atoms with E-state index < -0.39 is 40.3 Å². The van der Waals surface area contributed by atoms with Crippen LogP contribution in [-0.4, -0.2) is 9.97 Å². The van der Waals surface area contributed by atoms with Gasteiger partial charge in [-0.05, 0) is 19.1 Å². The van der Waals surface area contributed by atoms with Gasteiger partial charge in [-0.2, -0.15) is 26.3 Å². The first-order chi connectivity index (χ1) is 11.6. The number of fused-ring (bicyclic) bond motifs is 1. The van der Waals surface area contributed by atoms with E-state index in [1.807, 2.05) is 0 Å². The highest BCUT2D eigenvalue weighted by Gasteiger charge is 2.38. The molecule has 2 nitrogen and oxygen atoms in total. The van der Waals surface area contributed by atoms with Gasteiger partial charge in [0, 0.05) is 10.9 Å². The summed E-state index contributed by atoms with van der Waals surface area (Å²) in [6.07, 6.45) is -9.62. The van der Waals surface area contributed by atoms with Crippen LogP contribution in [0.15, 0.2) is 42.5 Å². The number of rotatable bonds is 1. The summed E-state index contributed by atoms with van der Waals surface area (Å²) in [5.74, 6) is -1.48. The summed E-state index contributed by atoms with van der Waals surface area (Å²) in [6.45, 7) is 1.75. The Morgan fingerprint density at radius 3 is 1.96 bits per heavy atom. The second kappa shape index (κ2) is 5.72. The SMILES string of the molecule is Cc1ccc(-c2nc(C(F)(F)F)nc3cccc(C(F)(F)F)c23)cc1. The summed E-state index contributed by atoms with van der Waals surface area (Å²) in [7, 11) is 0. The molecule has 8 heteroatoms. The van der Waals surface area contributed by atoms with Gasteiger partial charge in [0.25, 0.3) is 0 Å². The fraction of sp³-hybridized carbons (Fsp3) is 0.176.